The molecular formula is C8H10NO3Po. The van der Waals surface area contributed by atoms with Crippen molar-refractivity contribution in [1.82, 2.24) is 4.90 Å². The monoisotopic (exact) mass is 377 g/mol. The van der Waals surface area contributed by atoms with Crippen LogP contribution in [0.25, 0.3) is 0 Å². The second-order valence-electron chi connectivity index (χ2n) is 3.32. The molecule has 2 heterocycles. The van der Waals surface area contributed by atoms with Crippen LogP contribution < -0.4 is 0 Å². The van der Waals surface area contributed by atoms with Gasteiger partial charge in [0, 0.05) is 0 Å². The third-order valence-electron chi connectivity index (χ3n) is 2.50. The topological polar surface area (TPSA) is 38.8 Å². The molecule has 1 fully saturated rings. The zero-order valence-electron chi connectivity index (χ0n) is 7.23. The van der Waals surface area contributed by atoms with E-state index >= 15 is 0 Å². The van der Waals surface area contributed by atoms with Crippen molar-refractivity contribution >= 4 is 31.4 Å². The third-order valence-corrected chi connectivity index (χ3v) is 2.96. The summed E-state index contributed by atoms with van der Waals surface area (Å²) in [4.78, 5) is 13.2. The van der Waals surface area contributed by atoms with Gasteiger partial charge in [0.15, 0.2) is 0 Å². The Balaban J connectivity index is 2.27. The van der Waals surface area contributed by atoms with Crippen LogP contribution in [0.5, 0.6) is 0 Å². The van der Waals surface area contributed by atoms with Crippen LogP contribution >= 0.6 is 0 Å². The van der Waals surface area contributed by atoms with E-state index in [4.69, 9.17) is 7.51 Å². The molecule has 0 aliphatic carbocycles. The van der Waals surface area contributed by atoms with Gasteiger partial charge in [0.05, 0.1) is 0 Å². The second-order valence-corrected chi connectivity index (χ2v) is 4.23. The molecule has 0 unspecified atom stereocenters. The van der Waals surface area contributed by atoms with E-state index in [-0.39, 0.29) is 17.7 Å². The third kappa shape index (κ3) is 1.34. The molecule has 2 rings (SSSR count). The van der Waals surface area contributed by atoms with Crippen LogP contribution in [0.2, 0.25) is 0 Å². The Morgan fingerprint density at radius 1 is 1.92 bits per heavy atom. The Bertz CT molecular complexity index is 264. The number of hydrogen-bond acceptors (Lipinski definition) is 3. The van der Waals surface area contributed by atoms with Gasteiger partial charge in [-0.2, -0.15) is 0 Å². The molecule has 13 heavy (non-hydrogen) atoms. The van der Waals surface area contributed by atoms with Crippen molar-refractivity contribution < 1.29 is 12.3 Å². The van der Waals surface area contributed by atoms with Gasteiger partial charge in [-0.3, -0.25) is 0 Å². The molecule has 5 heteroatoms. The average Bonchev–Trinajstić information content (AvgIpc) is 2.56. The molecular weight excluding hydrogens is 367 g/mol. The van der Waals surface area contributed by atoms with Gasteiger partial charge in [0.1, 0.15) is 0 Å². The van der Waals surface area contributed by atoms with Gasteiger partial charge >= 0.3 is 92.7 Å². The Morgan fingerprint density at radius 3 is 3.38 bits per heavy atom. The number of fused-ring (bicyclic) bond motifs is 1. The van der Waals surface area contributed by atoms with E-state index in [0.717, 1.165) is 25.5 Å². The number of carbonyl (C=O) groups is 1. The molecule has 0 saturated carbocycles. The minimum atomic E-state index is -0.321. The van der Waals surface area contributed by atoms with Crippen molar-refractivity contribution in [3.8, 4) is 0 Å². The summed E-state index contributed by atoms with van der Waals surface area (Å²) in [6, 6.07) is 0. The summed E-state index contributed by atoms with van der Waals surface area (Å²) in [7, 11) is 0. The van der Waals surface area contributed by atoms with Crippen molar-refractivity contribution in [3.05, 3.63) is 12.2 Å². The van der Waals surface area contributed by atoms with Crippen LogP contribution in [0, 0.1) is 0 Å². The summed E-state index contributed by atoms with van der Waals surface area (Å²) in [6.45, 7) is 2.97. The van der Waals surface area contributed by atoms with Gasteiger partial charge in [-0.25, -0.2) is 0 Å². The Labute approximate surface area is 92.6 Å². The minimum absolute atomic E-state index is 0.0250. The first kappa shape index (κ1) is 9.58. The number of nitrogens with zero attached hydrogens (tertiary/aromatic N) is 1. The molecule has 1 amide bonds. The molecule has 71 valence electrons. The molecule has 0 spiro atoms. The predicted molar refractivity (Wildman–Crippen MR) is 45.8 cm³/mol. The fraction of sp³-hybridized carbons (Fsp3) is 0.625. The summed E-state index contributed by atoms with van der Waals surface area (Å²) >= 11 is 1.07. The fourth-order valence-corrected chi connectivity index (χ4v) is 2.66. The average molecular weight is 377 g/mol. The summed E-state index contributed by atoms with van der Waals surface area (Å²) in [6.07, 6.45) is 3.36. The SMILES string of the molecule is C[C@@H]1OC[C@@]2(C[O][Po])C=CC(=O)N12. The number of carbonyl (C=O) groups excluding carboxylic acids is 1. The quantitative estimate of drug-likeness (QED) is 0.658. The summed E-state index contributed by atoms with van der Waals surface area (Å²) < 4.78 is 10.6. The van der Waals surface area contributed by atoms with E-state index in [1.54, 1.807) is 11.0 Å². The van der Waals surface area contributed by atoms with Crippen molar-refractivity contribution in [1.29, 1.82) is 0 Å². The maximum atomic E-state index is 11.5. The zero-order valence-corrected chi connectivity index (χ0v) is 10.4. The molecule has 1 saturated heterocycles. The molecule has 1 radical (unpaired) electrons. The van der Waals surface area contributed by atoms with Gasteiger partial charge < -0.3 is 0 Å². The number of amides is 1. The van der Waals surface area contributed by atoms with Crippen molar-refractivity contribution in [2.24, 2.45) is 0 Å². The van der Waals surface area contributed by atoms with Crippen LogP contribution in [0.15, 0.2) is 12.2 Å². The first-order valence-corrected chi connectivity index (χ1v) is 5.38. The summed E-state index contributed by atoms with van der Waals surface area (Å²) in [5.41, 5.74) is -0.321. The van der Waals surface area contributed by atoms with Crippen molar-refractivity contribution in [2.45, 2.75) is 18.7 Å². The van der Waals surface area contributed by atoms with Crippen LogP contribution in [0.1, 0.15) is 6.92 Å². The van der Waals surface area contributed by atoms with Crippen molar-refractivity contribution in [3.63, 3.8) is 0 Å². The Morgan fingerprint density at radius 2 is 2.69 bits per heavy atom. The fourth-order valence-electron chi connectivity index (χ4n) is 1.87. The van der Waals surface area contributed by atoms with Gasteiger partial charge in [-0.15, -0.1) is 0 Å². The van der Waals surface area contributed by atoms with Crippen molar-refractivity contribution in [2.75, 3.05) is 13.2 Å². The van der Waals surface area contributed by atoms with E-state index < -0.39 is 0 Å². The first-order valence-electron chi connectivity index (χ1n) is 4.08. The van der Waals surface area contributed by atoms with Gasteiger partial charge in [-0.1, -0.05) is 0 Å². The Hall–Kier alpha value is 0.0261. The molecule has 4 nitrogen and oxygen atoms in total. The number of ether oxygens (including phenoxy) is 1. The zero-order chi connectivity index (χ0) is 9.47. The van der Waals surface area contributed by atoms with Crippen LogP contribution in [0.4, 0.5) is 0 Å². The molecule has 0 aromatic carbocycles. The van der Waals surface area contributed by atoms with Gasteiger partial charge in [0.2, 0.25) is 0 Å². The predicted octanol–water partition coefficient (Wildman–Crippen LogP) is -0.400. The number of hydrogen-bond donors (Lipinski definition) is 0. The maximum absolute atomic E-state index is 11.5. The molecule has 0 aromatic rings. The van der Waals surface area contributed by atoms with E-state index in [0.29, 0.717) is 13.2 Å². The normalized spacial score (nSPS) is 37.2. The number of rotatable bonds is 2. The van der Waals surface area contributed by atoms with Crippen LogP contribution in [-0.2, 0) is 12.3 Å². The molecule has 2 aliphatic heterocycles. The van der Waals surface area contributed by atoms with E-state index in [2.05, 4.69) is 0 Å². The molecule has 2 atom stereocenters. The van der Waals surface area contributed by atoms with Gasteiger partial charge in [-0.05, 0) is 0 Å². The molecule has 2 aliphatic rings. The van der Waals surface area contributed by atoms with E-state index in [9.17, 15) is 4.79 Å². The molecule has 0 aromatic heterocycles. The van der Waals surface area contributed by atoms with Crippen LogP contribution in [0.3, 0.4) is 0 Å². The summed E-state index contributed by atoms with van der Waals surface area (Å²) in [5, 5.41) is 0. The van der Waals surface area contributed by atoms with Crippen LogP contribution in [-0.4, -0.2) is 61.3 Å². The van der Waals surface area contributed by atoms with Gasteiger partial charge in [0.25, 0.3) is 0 Å². The molecule has 0 bridgehead atoms. The Kier molecular flexibility index (Phi) is 2.44. The summed E-state index contributed by atoms with van der Waals surface area (Å²) in [5.74, 6) is 0.0250. The second kappa shape index (κ2) is 3.31. The van der Waals surface area contributed by atoms with E-state index in [1.165, 1.54) is 0 Å². The first-order chi connectivity index (χ1) is 6.19. The standard InChI is InChI=1S/C8H10NO3.Po/c1-6-9-7(11)2-3-8(9,4-10)5-12-6;/h2-3,6H,4-5H2,1H3;/q-1;+1/t6-,8-;/m0./s1. The molecule has 0 N–H and O–H groups in total. The van der Waals surface area contributed by atoms with E-state index in [1.807, 2.05) is 13.0 Å².